The van der Waals surface area contributed by atoms with Gasteiger partial charge in [-0.05, 0) is 48.5 Å². The number of anilines is 2. The fourth-order valence-electron chi connectivity index (χ4n) is 2.87. The van der Waals surface area contributed by atoms with Gasteiger partial charge in [0.15, 0.2) is 0 Å². The summed E-state index contributed by atoms with van der Waals surface area (Å²) in [7, 11) is 3.45. The van der Waals surface area contributed by atoms with E-state index in [1.807, 2.05) is 54.4 Å². The van der Waals surface area contributed by atoms with Crippen molar-refractivity contribution in [2.75, 3.05) is 19.0 Å². The fraction of sp³-hybridized carbons (Fsp3) is 0.0909. The van der Waals surface area contributed by atoms with Crippen LogP contribution < -0.4 is 15.0 Å². The van der Waals surface area contributed by atoms with Crippen LogP contribution in [0.2, 0.25) is 5.02 Å². The van der Waals surface area contributed by atoms with E-state index >= 15 is 0 Å². The highest BCUT2D eigenvalue weighted by molar-refractivity contribution is 6.30. The predicted molar refractivity (Wildman–Crippen MR) is 117 cm³/mol. The first-order valence-electron chi connectivity index (χ1n) is 9.15. The van der Waals surface area contributed by atoms with Gasteiger partial charge in [-0.2, -0.15) is 0 Å². The summed E-state index contributed by atoms with van der Waals surface area (Å²) in [6.07, 6.45) is 3.28. The van der Waals surface area contributed by atoms with Crippen LogP contribution in [-0.4, -0.2) is 35.0 Å². The molecular formula is C22H18ClN5O2. The van der Waals surface area contributed by atoms with Gasteiger partial charge in [0, 0.05) is 48.7 Å². The zero-order valence-corrected chi connectivity index (χ0v) is 17.1. The number of carbonyl (C=O) groups excluding carboxylic acids is 1. The van der Waals surface area contributed by atoms with Crippen molar-refractivity contribution in [1.29, 1.82) is 0 Å². The summed E-state index contributed by atoms with van der Waals surface area (Å²) in [6, 6.07) is 16.3. The van der Waals surface area contributed by atoms with Crippen LogP contribution in [0.1, 0.15) is 10.5 Å². The minimum atomic E-state index is -0.273. The molecule has 0 aliphatic carbocycles. The van der Waals surface area contributed by atoms with Crippen LogP contribution in [-0.2, 0) is 0 Å². The van der Waals surface area contributed by atoms with Crippen LogP contribution in [0.3, 0.4) is 0 Å². The lowest BCUT2D eigenvalue weighted by Gasteiger charge is -2.17. The Bertz CT molecular complexity index is 1210. The Hall–Kier alpha value is -3.71. The molecule has 150 valence electrons. The van der Waals surface area contributed by atoms with Gasteiger partial charge in [0.25, 0.3) is 5.91 Å². The lowest BCUT2D eigenvalue weighted by molar-refractivity contribution is 0.0958. The van der Waals surface area contributed by atoms with Crippen molar-refractivity contribution in [1.82, 2.24) is 20.3 Å². The molecule has 0 bridgehead atoms. The quantitative estimate of drug-likeness (QED) is 0.509. The van der Waals surface area contributed by atoms with E-state index < -0.39 is 0 Å². The van der Waals surface area contributed by atoms with Gasteiger partial charge < -0.3 is 15.0 Å². The number of benzene rings is 2. The van der Waals surface area contributed by atoms with E-state index in [0.717, 1.165) is 16.6 Å². The second-order valence-electron chi connectivity index (χ2n) is 6.48. The number of nitrogens with one attached hydrogen (secondary N) is 1. The standard InChI is InChI=1S/C22H18ClN5O2/c1-24-21(29)20-12-18(9-10-25-20)30-17-7-8-19-14(11-17)13-26-22(27-19)28(2)16-5-3-15(23)4-6-16/h3-13H,1-2H3,(H,24,29). The van der Waals surface area contributed by atoms with E-state index in [-0.39, 0.29) is 11.6 Å². The number of hydrogen-bond acceptors (Lipinski definition) is 6. The van der Waals surface area contributed by atoms with Gasteiger partial charge in [0.2, 0.25) is 5.95 Å². The lowest BCUT2D eigenvalue weighted by Crippen LogP contribution is -2.18. The maximum Gasteiger partial charge on any atom is 0.269 e. The molecule has 0 saturated carbocycles. The number of ether oxygens (including phenoxy) is 1. The van der Waals surface area contributed by atoms with Gasteiger partial charge in [-0.1, -0.05) is 11.6 Å². The Balaban J connectivity index is 1.57. The van der Waals surface area contributed by atoms with Crippen LogP contribution in [0.4, 0.5) is 11.6 Å². The molecule has 4 aromatic rings. The molecule has 1 N–H and O–H groups in total. The molecule has 0 aliphatic heterocycles. The Morgan fingerprint density at radius 2 is 1.80 bits per heavy atom. The largest absolute Gasteiger partial charge is 0.457 e. The van der Waals surface area contributed by atoms with Crippen LogP contribution in [0, 0.1) is 0 Å². The smallest absolute Gasteiger partial charge is 0.269 e. The van der Waals surface area contributed by atoms with E-state index in [9.17, 15) is 4.79 Å². The van der Waals surface area contributed by atoms with Gasteiger partial charge in [-0.3, -0.25) is 9.78 Å². The first kappa shape index (κ1) is 19.6. The summed E-state index contributed by atoms with van der Waals surface area (Å²) < 4.78 is 5.88. The van der Waals surface area contributed by atoms with E-state index in [0.29, 0.717) is 22.5 Å². The Morgan fingerprint density at radius 1 is 1.03 bits per heavy atom. The number of hydrogen-bond donors (Lipinski definition) is 1. The van der Waals surface area contributed by atoms with Crippen molar-refractivity contribution in [3.05, 3.63) is 77.7 Å². The molecule has 0 saturated heterocycles. The third-order valence-electron chi connectivity index (χ3n) is 4.48. The molecule has 30 heavy (non-hydrogen) atoms. The molecule has 0 unspecified atom stereocenters. The van der Waals surface area contributed by atoms with Crippen LogP contribution in [0.5, 0.6) is 11.5 Å². The normalized spacial score (nSPS) is 10.6. The van der Waals surface area contributed by atoms with E-state index in [1.54, 1.807) is 25.4 Å². The zero-order valence-electron chi connectivity index (χ0n) is 16.3. The average molecular weight is 420 g/mol. The first-order valence-corrected chi connectivity index (χ1v) is 9.53. The number of pyridine rings is 1. The van der Waals surface area contributed by atoms with E-state index in [2.05, 4.69) is 20.3 Å². The van der Waals surface area contributed by atoms with Crippen LogP contribution in [0.25, 0.3) is 10.9 Å². The second-order valence-corrected chi connectivity index (χ2v) is 6.92. The fourth-order valence-corrected chi connectivity index (χ4v) is 3.00. The van der Waals surface area contributed by atoms with Crippen LogP contribution in [0.15, 0.2) is 67.0 Å². The molecule has 0 atom stereocenters. The summed E-state index contributed by atoms with van der Waals surface area (Å²) in [5.74, 6) is 1.43. The lowest BCUT2D eigenvalue weighted by atomic mass is 10.2. The monoisotopic (exact) mass is 419 g/mol. The maximum atomic E-state index is 11.7. The van der Waals surface area contributed by atoms with Gasteiger partial charge >= 0.3 is 0 Å². The topological polar surface area (TPSA) is 80.2 Å². The third-order valence-corrected chi connectivity index (χ3v) is 4.73. The number of aromatic nitrogens is 3. The number of carbonyl (C=O) groups is 1. The molecule has 8 heteroatoms. The molecule has 7 nitrogen and oxygen atoms in total. The first-order chi connectivity index (χ1) is 14.5. The number of halogens is 1. The molecule has 2 aromatic heterocycles. The highest BCUT2D eigenvalue weighted by Gasteiger charge is 2.10. The average Bonchev–Trinajstić information content (AvgIpc) is 2.78. The summed E-state index contributed by atoms with van der Waals surface area (Å²) in [6.45, 7) is 0. The molecule has 4 rings (SSSR count). The molecule has 0 spiro atoms. The molecule has 0 radical (unpaired) electrons. The highest BCUT2D eigenvalue weighted by Crippen LogP contribution is 2.27. The number of amides is 1. The maximum absolute atomic E-state index is 11.7. The van der Waals surface area contributed by atoms with Crippen molar-refractivity contribution < 1.29 is 9.53 Å². The summed E-state index contributed by atoms with van der Waals surface area (Å²) in [5, 5.41) is 4.05. The third kappa shape index (κ3) is 4.16. The van der Waals surface area contributed by atoms with Crippen molar-refractivity contribution in [2.45, 2.75) is 0 Å². The van der Waals surface area contributed by atoms with Crippen molar-refractivity contribution in [2.24, 2.45) is 0 Å². The molecule has 2 aromatic carbocycles. The molecular weight excluding hydrogens is 402 g/mol. The SMILES string of the molecule is CNC(=O)c1cc(Oc2ccc3nc(N(C)c4ccc(Cl)cc4)ncc3c2)ccn1. The van der Waals surface area contributed by atoms with Crippen molar-refractivity contribution in [3.8, 4) is 11.5 Å². The second kappa shape index (κ2) is 8.34. The minimum Gasteiger partial charge on any atom is -0.457 e. The van der Waals surface area contributed by atoms with Gasteiger partial charge in [-0.25, -0.2) is 9.97 Å². The Morgan fingerprint density at radius 3 is 2.57 bits per heavy atom. The van der Waals surface area contributed by atoms with E-state index in [4.69, 9.17) is 16.3 Å². The molecule has 0 aliphatic rings. The minimum absolute atomic E-state index is 0.273. The summed E-state index contributed by atoms with van der Waals surface area (Å²) in [5.41, 5.74) is 2.01. The Labute approximate surface area is 178 Å². The van der Waals surface area contributed by atoms with Crippen molar-refractivity contribution in [3.63, 3.8) is 0 Å². The van der Waals surface area contributed by atoms with Crippen molar-refractivity contribution >= 4 is 40.0 Å². The molecule has 2 heterocycles. The van der Waals surface area contributed by atoms with Crippen LogP contribution >= 0.6 is 11.6 Å². The summed E-state index contributed by atoms with van der Waals surface area (Å²) >= 11 is 5.96. The predicted octanol–water partition coefficient (Wildman–Crippen LogP) is 4.60. The van der Waals surface area contributed by atoms with E-state index in [1.165, 1.54) is 6.20 Å². The highest BCUT2D eigenvalue weighted by atomic mass is 35.5. The van der Waals surface area contributed by atoms with Gasteiger partial charge in [0.1, 0.15) is 17.2 Å². The number of fused-ring (bicyclic) bond motifs is 1. The molecule has 1 amide bonds. The summed E-state index contributed by atoms with van der Waals surface area (Å²) in [4.78, 5) is 26.8. The zero-order chi connectivity index (χ0) is 21.1. The Kier molecular flexibility index (Phi) is 5.45. The number of nitrogens with zero attached hydrogens (tertiary/aromatic N) is 4. The molecule has 0 fully saturated rings. The van der Waals surface area contributed by atoms with Gasteiger partial charge in [-0.15, -0.1) is 0 Å². The van der Waals surface area contributed by atoms with Gasteiger partial charge in [0.05, 0.1) is 5.52 Å². The number of rotatable bonds is 5.